The van der Waals surface area contributed by atoms with Crippen molar-refractivity contribution in [3.8, 4) is 0 Å². The highest BCUT2D eigenvalue weighted by atomic mass is 16.7. The Bertz CT molecular complexity index is 1240. The molecule has 206 valence electrons. The molecule has 0 aromatic rings. The summed E-state index contributed by atoms with van der Waals surface area (Å²) in [5.41, 5.74) is -8.37. The number of carbonyl (C=O) groups excluding carboxylic acids is 4. The largest absolute Gasteiger partial charge is 0.458 e. The van der Waals surface area contributed by atoms with Gasteiger partial charge in [0.15, 0.2) is 28.4 Å². The molecule has 38 heavy (non-hydrogen) atoms. The van der Waals surface area contributed by atoms with Gasteiger partial charge in [0, 0.05) is 17.3 Å². The van der Waals surface area contributed by atoms with E-state index in [-0.39, 0.29) is 31.5 Å². The molecule has 13 atom stereocenters. The summed E-state index contributed by atoms with van der Waals surface area (Å²) >= 11 is 0. The van der Waals surface area contributed by atoms with Gasteiger partial charge in [-0.3, -0.25) is 14.4 Å². The highest BCUT2D eigenvalue weighted by Crippen LogP contribution is 2.73. The first kappa shape index (κ1) is 24.9. The number of ketones is 2. The molecule has 4 saturated heterocycles. The molecule has 7 aliphatic rings. The normalized spacial score (nSPS) is 60.2. The van der Waals surface area contributed by atoms with Crippen molar-refractivity contribution in [1.82, 2.24) is 0 Å². The van der Waals surface area contributed by atoms with Gasteiger partial charge in [-0.1, -0.05) is 26.8 Å². The van der Waals surface area contributed by atoms with Crippen LogP contribution in [0.5, 0.6) is 0 Å². The molecule has 0 amide bonds. The lowest BCUT2D eigenvalue weighted by molar-refractivity contribution is -0.352. The van der Waals surface area contributed by atoms with Crippen LogP contribution >= 0.6 is 0 Å². The molecule has 7 rings (SSSR count). The third kappa shape index (κ3) is 2.24. The van der Waals surface area contributed by atoms with Gasteiger partial charge in [-0.05, 0) is 56.4 Å². The zero-order valence-corrected chi connectivity index (χ0v) is 21.9. The lowest BCUT2D eigenvalue weighted by Gasteiger charge is -2.62. The van der Waals surface area contributed by atoms with Gasteiger partial charge < -0.3 is 29.5 Å². The summed E-state index contributed by atoms with van der Waals surface area (Å²) in [5.74, 6) is -9.22. The summed E-state index contributed by atoms with van der Waals surface area (Å²) in [6.07, 6.45) is 1.79. The van der Waals surface area contributed by atoms with Gasteiger partial charge in [0.1, 0.15) is 6.10 Å². The van der Waals surface area contributed by atoms with Crippen molar-refractivity contribution in [2.45, 2.75) is 94.6 Å². The Morgan fingerprint density at radius 1 is 1.03 bits per heavy atom. The molecule has 1 spiro atoms. The summed E-state index contributed by atoms with van der Waals surface area (Å²) in [5, 5.41) is 36.0. The first-order chi connectivity index (χ1) is 17.6. The molecule has 10 heteroatoms. The van der Waals surface area contributed by atoms with Crippen LogP contribution in [-0.4, -0.2) is 73.6 Å². The number of rotatable bonds is 0. The van der Waals surface area contributed by atoms with Gasteiger partial charge in [-0.15, -0.1) is 0 Å². The number of Topliss-reactive ketones (excluding diaryl/α,β-unsaturated/α-hetero) is 1. The van der Waals surface area contributed by atoms with Crippen LogP contribution < -0.4 is 0 Å². The third-order valence-corrected chi connectivity index (χ3v) is 12.3. The lowest BCUT2D eigenvalue weighted by Crippen LogP contribution is -2.78. The van der Waals surface area contributed by atoms with E-state index >= 15 is 0 Å². The van der Waals surface area contributed by atoms with Crippen molar-refractivity contribution in [1.29, 1.82) is 0 Å². The second-order valence-electron chi connectivity index (χ2n) is 13.5. The maximum absolute atomic E-state index is 14.6. The first-order valence-electron chi connectivity index (χ1n) is 13.6. The van der Waals surface area contributed by atoms with E-state index in [0.29, 0.717) is 6.42 Å². The predicted molar refractivity (Wildman–Crippen MR) is 126 cm³/mol. The highest BCUT2D eigenvalue weighted by molar-refractivity contribution is 5.99. The van der Waals surface area contributed by atoms with Crippen molar-refractivity contribution in [2.75, 3.05) is 0 Å². The van der Waals surface area contributed by atoms with Crippen molar-refractivity contribution in [3.63, 3.8) is 0 Å². The standard InChI is InChI=1S/C28H34O10/c1-12-21(32)36-18-11-23(12,2)19-20(31)27(35)15-10-16(29)14-6-5-7-17(30)24(14,3)13(15)8-9-26(34)22(33)37-25(18,4)28(19,26)38-27/h5,7,12-16,18-19,29,34-35H,6,8-11H2,1-4H3/t12-,13?,14?,15?,16-,18+,19?,23?,24+,25-,26-,27+,28-/m0/s1. The molecule has 3 aliphatic carbocycles. The average molecular weight is 531 g/mol. The maximum Gasteiger partial charge on any atom is 0.342 e. The maximum atomic E-state index is 14.6. The number of aliphatic hydroxyl groups excluding tert-OH is 1. The molecule has 3 N–H and O–H groups in total. The van der Waals surface area contributed by atoms with E-state index in [1.807, 2.05) is 0 Å². The van der Waals surface area contributed by atoms with Crippen LogP contribution in [0.1, 0.15) is 59.8 Å². The number of allylic oxidation sites excluding steroid dienone is 2. The van der Waals surface area contributed by atoms with Crippen LogP contribution in [0.4, 0.5) is 0 Å². The van der Waals surface area contributed by atoms with Gasteiger partial charge in [0.05, 0.1) is 17.9 Å². The lowest BCUT2D eigenvalue weighted by atomic mass is 9.46. The molecule has 2 saturated carbocycles. The second kappa shape index (κ2) is 6.77. The Hall–Kier alpha value is -2.14. The summed E-state index contributed by atoms with van der Waals surface area (Å²) in [4.78, 5) is 54.7. The Morgan fingerprint density at radius 3 is 2.45 bits per heavy atom. The number of fused-ring (bicyclic) bond motifs is 9. The first-order valence-corrected chi connectivity index (χ1v) is 13.6. The number of carbonyl (C=O) groups is 4. The topological polar surface area (TPSA) is 157 Å². The van der Waals surface area contributed by atoms with Gasteiger partial charge in [0.25, 0.3) is 0 Å². The number of aliphatic hydroxyl groups is 3. The fraction of sp³-hybridized carbons (Fsp3) is 0.786. The number of hydrogen-bond acceptors (Lipinski definition) is 10. The van der Waals surface area contributed by atoms with E-state index in [2.05, 4.69) is 0 Å². The summed E-state index contributed by atoms with van der Waals surface area (Å²) < 4.78 is 18.1. The molecule has 0 aromatic heterocycles. The number of esters is 2. The molecule has 10 nitrogen and oxygen atoms in total. The van der Waals surface area contributed by atoms with Crippen LogP contribution in [-0.2, 0) is 33.4 Å². The number of ether oxygens (including phenoxy) is 3. The Kier molecular flexibility index (Phi) is 4.43. The minimum Gasteiger partial charge on any atom is -0.458 e. The molecule has 0 radical (unpaired) electrons. The summed E-state index contributed by atoms with van der Waals surface area (Å²) in [6.45, 7) is 6.62. The van der Waals surface area contributed by atoms with Gasteiger partial charge >= 0.3 is 11.9 Å². The van der Waals surface area contributed by atoms with Crippen LogP contribution in [0.3, 0.4) is 0 Å². The van der Waals surface area contributed by atoms with E-state index in [1.54, 1.807) is 26.8 Å². The zero-order valence-electron chi connectivity index (χ0n) is 21.9. The molecular formula is C28H34O10. The molecule has 4 aliphatic heterocycles. The molecule has 6 fully saturated rings. The van der Waals surface area contributed by atoms with Crippen LogP contribution in [0, 0.1) is 40.4 Å². The zero-order chi connectivity index (χ0) is 27.4. The van der Waals surface area contributed by atoms with E-state index in [0.717, 1.165) is 0 Å². The molecule has 5 unspecified atom stereocenters. The fourth-order valence-electron chi connectivity index (χ4n) is 10.0. The molecule has 4 bridgehead atoms. The van der Waals surface area contributed by atoms with Crippen molar-refractivity contribution in [3.05, 3.63) is 12.2 Å². The van der Waals surface area contributed by atoms with E-state index < -0.39 is 92.9 Å². The quantitative estimate of drug-likeness (QED) is 0.379. The molecular weight excluding hydrogens is 496 g/mol. The number of hydrogen-bond donors (Lipinski definition) is 3. The SMILES string of the molecule is C[C@H]1C(=O)O[C@@H]2CC1(C)C1C(=O)[C@]3(O)O[C@]14[C@@]2(C)OC(=O)[C@@]4(O)CCC1C3C[C@H](O)C2CC=CC(=O)[C@]12C. The van der Waals surface area contributed by atoms with Crippen molar-refractivity contribution >= 4 is 23.5 Å². The highest BCUT2D eigenvalue weighted by Gasteiger charge is 2.92. The average Bonchev–Trinajstić information content (AvgIpc) is 3.20. The monoisotopic (exact) mass is 530 g/mol. The molecule has 0 aromatic carbocycles. The van der Waals surface area contributed by atoms with Gasteiger partial charge in [-0.2, -0.15) is 0 Å². The van der Waals surface area contributed by atoms with Crippen LogP contribution in [0.15, 0.2) is 12.2 Å². The summed E-state index contributed by atoms with van der Waals surface area (Å²) in [6, 6.07) is 0. The van der Waals surface area contributed by atoms with Crippen LogP contribution in [0.25, 0.3) is 0 Å². The van der Waals surface area contributed by atoms with Gasteiger partial charge in [0.2, 0.25) is 5.79 Å². The van der Waals surface area contributed by atoms with Crippen molar-refractivity contribution < 1.29 is 48.7 Å². The second-order valence-corrected chi connectivity index (χ2v) is 13.5. The van der Waals surface area contributed by atoms with Crippen molar-refractivity contribution in [2.24, 2.45) is 40.4 Å². The summed E-state index contributed by atoms with van der Waals surface area (Å²) in [7, 11) is 0. The minimum atomic E-state index is -2.53. The Labute approximate surface area is 219 Å². The van der Waals surface area contributed by atoms with E-state index in [4.69, 9.17) is 14.2 Å². The Morgan fingerprint density at radius 2 is 1.74 bits per heavy atom. The van der Waals surface area contributed by atoms with E-state index in [9.17, 15) is 34.5 Å². The predicted octanol–water partition coefficient (Wildman–Crippen LogP) is 0.590. The fourth-order valence-corrected chi connectivity index (χ4v) is 10.0. The third-order valence-electron chi connectivity index (χ3n) is 12.3. The Balaban J connectivity index is 1.49. The molecule has 4 heterocycles. The van der Waals surface area contributed by atoms with E-state index in [1.165, 1.54) is 13.0 Å². The van der Waals surface area contributed by atoms with Crippen LogP contribution in [0.2, 0.25) is 0 Å². The van der Waals surface area contributed by atoms with Gasteiger partial charge in [-0.25, -0.2) is 4.79 Å². The minimum absolute atomic E-state index is 0.00611. The smallest absolute Gasteiger partial charge is 0.342 e.